The topological polar surface area (TPSA) is 86.7 Å². The van der Waals surface area contributed by atoms with Crippen LogP contribution in [0.3, 0.4) is 0 Å². The molecule has 0 aromatic heterocycles. The van der Waals surface area contributed by atoms with Crippen molar-refractivity contribution in [3.63, 3.8) is 0 Å². The molecule has 2 rings (SSSR count). The quantitative estimate of drug-likeness (QED) is 0.787. The number of benzene rings is 1. The number of rotatable bonds is 3. The van der Waals surface area contributed by atoms with Gasteiger partial charge >= 0.3 is 12.0 Å². The first-order valence-electron chi connectivity index (χ1n) is 5.46. The predicted octanol–water partition coefficient (Wildman–Crippen LogP) is 0.677. The van der Waals surface area contributed by atoms with Crippen molar-refractivity contribution in [1.29, 1.82) is 0 Å². The van der Waals surface area contributed by atoms with Gasteiger partial charge in [0.2, 0.25) is 0 Å². The number of urea groups is 1. The van der Waals surface area contributed by atoms with E-state index in [1.165, 1.54) is 31.2 Å². The third-order valence-electron chi connectivity index (χ3n) is 2.99. The highest BCUT2D eigenvalue weighted by atomic mass is 19.1. The van der Waals surface area contributed by atoms with Gasteiger partial charge in [-0.3, -0.25) is 14.5 Å². The second kappa shape index (κ2) is 4.34. The van der Waals surface area contributed by atoms with Gasteiger partial charge in [0.05, 0.1) is 0 Å². The molecular formula is C12H11FN2O4. The Morgan fingerprint density at radius 2 is 1.95 bits per heavy atom. The fourth-order valence-electron chi connectivity index (χ4n) is 1.95. The molecule has 100 valence electrons. The minimum atomic E-state index is -1.37. The summed E-state index contributed by atoms with van der Waals surface area (Å²) in [4.78, 5) is 35.0. The molecule has 1 atom stereocenters. The predicted molar refractivity (Wildman–Crippen MR) is 61.6 cm³/mol. The number of carbonyl (C=O) groups excluding carboxylic acids is 2. The second-order valence-corrected chi connectivity index (χ2v) is 4.35. The van der Waals surface area contributed by atoms with Gasteiger partial charge in [-0.1, -0.05) is 12.1 Å². The van der Waals surface area contributed by atoms with Crippen LogP contribution in [-0.4, -0.2) is 34.5 Å². The highest BCUT2D eigenvalue weighted by molar-refractivity contribution is 6.08. The Balaban J connectivity index is 2.35. The summed E-state index contributed by atoms with van der Waals surface area (Å²) >= 11 is 0. The number of hydrogen-bond acceptors (Lipinski definition) is 3. The lowest BCUT2D eigenvalue weighted by Gasteiger charge is -2.21. The highest BCUT2D eigenvalue weighted by Crippen LogP contribution is 2.28. The zero-order chi connectivity index (χ0) is 14.2. The normalized spacial score (nSPS) is 22.5. The molecule has 1 aliphatic heterocycles. The summed E-state index contributed by atoms with van der Waals surface area (Å²) < 4.78 is 12.9. The van der Waals surface area contributed by atoms with E-state index >= 15 is 0 Å². The van der Waals surface area contributed by atoms with Gasteiger partial charge in [-0.05, 0) is 24.6 Å². The van der Waals surface area contributed by atoms with E-state index in [0.717, 1.165) is 0 Å². The van der Waals surface area contributed by atoms with Crippen LogP contribution in [0.15, 0.2) is 24.3 Å². The molecule has 1 aliphatic rings. The van der Waals surface area contributed by atoms with Crippen LogP contribution in [0.1, 0.15) is 12.5 Å². The maximum atomic E-state index is 12.9. The molecule has 1 saturated heterocycles. The van der Waals surface area contributed by atoms with Crippen LogP contribution in [0.5, 0.6) is 0 Å². The molecule has 1 fully saturated rings. The first-order valence-corrected chi connectivity index (χ1v) is 5.46. The Bertz CT molecular complexity index is 557. The molecule has 0 spiro atoms. The van der Waals surface area contributed by atoms with E-state index in [4.69, 9.17) is 5.11 Å². The van der Waals surface area contributed by atoms with E-state index in [0.29, 0.717) is 10.5 Å². The molecule has 0 unspecified atom stereocenters. The van der Waals surface area contributed by atoms with Crippen LogP contribution >= 0.6 is 0 Å². The summed E-state index contributed by atoms with van der Waals surface area (Å²) in [6.07, 6.45) is 0. The molecule has 19 heavy (non-hydrogen) atoms. The number of carboxylic acids is 1. The van der Waals surface area contributed by atoms with Crippen molar-refractivity contribution >= 4 is 17.9 Å². The average molecular weight is 266 g/mol. The molecule has 1 heterocycles. The largest absolute Gasteiger partial charge is 0.480 e. The maximum Gasteiger partial charge on any atom is 0.325 e. The standard InChI is InChI=1S/C12H11FN2O4/c1-12(7-2-4-8(13)5-3-7)10(18)15(6-9(16)17)11(19)14-12/h2-5H,6H2,1H3,(H,14,19)(H,16,17)/t12-/m1/s1. The Hall–Kier alpha value is -2.44. The van der Waals surface area contributed by atoms with Crippen LogP contribution in [0, 0.1) is 5.82 Å². The molecule has 0 aliphatic carbocycles. The summed E-state index contributed by atoms with van der Waals surface area (Å²) in [7, 11) is 0. The average Bonchev–Trinajstić information content (AvgIpc) is 2.54. The molecule has 0 bridgehead atoms. The number of amides is 3. The number of halogens is 1. The van der Waals surface area contributed by atoms with E-state index < -0.39 is 35.8 Å². The molecule has 6 nitrogen and oxygen atoms in total. The third kappa shape index (κ3) is 2.14. The monoisotopic (exact) mass is 266 g/mol. The molecule has 0 radical (unpaired) electrons. The SMILES string of the molecule is C[C@]1(c2ccc(F)cc2)NC(=O)N(CC(=O)O)C1=O. The zero-order valence-corrected chi connectivity index (χ0v) is 10.0. The van der Waals surface area contributed by atoms with Gasteiger partial charge in [0, 0.05) is 0 Å². The Morgan fingerprint density at radius 1 is 1.37 bits per heavy atom. The number of aliphatic carboxylic acids is 1. The summed E-state index contributed by atoms with van der Waals surface area (Å²) in [6.45, 7) is 0.740. The minimum Gasteiger partial charge on any atom is -0.480 e. The van der Waals surface area contributed by atoms with Crippen molar-refractivity contribution in [3.8, 4) is 0 Å². The van der Waals surface area contributed by atoms with Gasteiger partial charge < -0.3 is 10.4 Å². The van der Waals surface area contributed by atoms with Crippen LogP contribution in [0.25, 0.3) is 0 Å². The van der Waals surface area contributed by atoms with Crippen LogP contribution in [0.2, 0.25) is 0 Å². The van der Waals surface area contributed by atoms with Gasteiger partial charge in [-0.15, -0.1) is 0 Å². The van der Waals surface area contributed by atoms with Gasteiger partial charge in [-0.2, -0.15) is 0 Å². The van der Waals surface area contributed by atoms with Crippen molar-refractivity contribution in [1.82, 2.24) is 10.2 Å². The minimum absolute atomic E-state index is 0.389. The highest BCUT2D eigenvalue weighted by Gasteiger charge is 2.49. The van der Waals surface area contributed by atoms with Crippen LogP contribution < -0.4 is 5.32 Å². The summed E-state index contributed by atoms with van der Waals surface area (Å²) in [5.41, 5.74) is -0.986. The van der Waals surface area contributed by atoms with Gasteiger partial charge in [-0.25, -0.2) is 9.18 Å². The molecule has 1 aromatic carbocycles. The van der Waals surface area contributed by atoms with Crippen molar-refractivity contribution in [2.24, 2.45) is 0 Å². The van der Waals surface area contributed by atoms with E-state index in [2.05, 4.69) is 5.32 Å². The van der Waals surface area contributed by atoms with Gasteiger partial charge in [0.15, 0.2) is 0 Å². The molecule has 0 saturated carbocycles. The maximum absolute atomic E-state index is 12.9. The number of nitrogens with zero attached hydrogens (tertiary/aromatic N) is 1. The number of nitrogens with one attached hydrogen (secondary N) is 1. The van der Waals surface area contributed by atoms with Crippen molar-refractivity contribution in [2.45, 2.75) is 12.5 Å². The van der Waals surface area contributed by atoms with Gasteiger partial charge in [0.1, 0.15) is 17.9 Å². The van der Waals surface area contributed by atoms with Gasteiger partial charge in [0.25, 0.3) is 5.91 Å². The van der Waals surface area contributed by atoms with Crippen molar-refractivity contribution < 1.29 is 23.9 Å². The van der Waals surface area contributed by atoms with Crippen molar-refractivity contribution in [3.05, 3.63) is 35.6 Å². The summed E-state index contributed by atoms with van der Waals surface area (Å²) in [6, 6.07) is 4.30. The van der Waals surface area contributed by atoms with E-state index in [9.17, 15) is 18.8 Å². The molecule has 3 amide bonds. The number of carbonyl (C=O) groups is 3. The lowest BCUT2D eigenvalue weighted by molar-refractivity contribution is -0.142. The van der Waals surface area contributed by atoms with E-state index in [-0.39, 0.29) is 0 Å². The molecular weight excluding hydrogens is 255 g/mol. The van der Waals surface area contributed by atoms with Crippen LogP contribution in [0.4, 0.5) is 9.18 Å². The fourth-order valence-corrected chi connectivity index (χ4v) is 1.95. The number of hydrogen-bond donors (Lipinski definition) is 2. The Kier molecular flexibility index (Phi) is 2.97. The van der Waals surface area contributed by atoms with Crippen molar-refractivity contribution in [2.75, 3.05) is 6.54 Å². The summed E-state index contributed by atoms with van der Waals surface area (Å²) in [5, 5.41) is 11.1. The lowest BCUT2D eigenvalue weighted by atomic mass is 9.92. The van der Waals surface area contributed by atoms with E-state index in [1.54, 1.807) is 0 Å². The fraction of sp³-hybridized carbons (Fsp3) is 0.250. The second-order valence-electron chi connectivity index (χ2n) is 4.35. The smallest absolute Gasteiger partial charge is 0.325 e. The first kappa shape index (κ1) is 13.0. The number of imide groups is 1. The summed E-state index contributed by atoms with van der Waals surface area (Å²) in [5.74, 6) is -2.43. The zero-order valence-electron chi connectivity index (χ0n) is 10.0. The molecule has 2 N–H and O–H groups in total. The van der Waals surface area contributed by atoms with Crippen LogP contribution in [-0.2, 0) is 15.1 Å². The Morgan fingerprint density at radius 3 is 2.47 bits per heavy atom. The first-order chi connectivity index (χ1) is 8.84. The number of carboxylic acid groups (broad SMARTS) is 1. The molecule has 1 aromatic rings. The van der Waals surface area contributed by atoms with E-state index in [1.807, 2.05) is 0 Å². The lowest BCUT2D eigenvalue weighted by Crippen LogP contribution is -2.41. The third-order valence-corrected chi connectivity index (χ3v) is 2.99. The Labute approximate surface area is 107 Å². The molecule has 7 heteroatoms.